The molecule has 0 radical (unpaired) electrons. The summed E-state index contributed by atoms with van der Waals surface area (Å²) in [5.74, 6) is -0.466. The highest BCUT2D eigenvalue weighted by atomic mass is 16.5. The van der Waals surface area contributed by atoms with Crippen LogP contribution in [0.3, 0.4) is 0 Å². The van der Waals surface area contributed by atoms with Gasteiger partial charge in [0.2, 0.25) is 23.6 Å². The van der Waals surface area contributed by atoms with Gasteiger partial charge in [0, 0.05) is 45.2 Å². The molecule has 0 aromatic heterocycles. The molecule has 4 heterocycles. The van der Waals surface area contributed by atoms with E-state index in [1.165, 1.54) is 0 Å². The van der Waals surface area contributed by atoms with Gasteiger partial charge in [0.15, 0.2) is 0 Å². The summed E-state index contributed by atoms with van der Waals surface area (Å²) < 4.78 is 11.2. The van der Waals surface area contributed by atoms with Crippen molar-refractivity contribution in [2.24, 2.45) is 5.41 Å². The number of hydrogen-bond acceptors (Lipinski definition) is 9. The standard InChI is InChI=1S/C31H45N5O8/c1-31(2,3)13-26(38)36-9-8-34-17-22(36)29(41)32-14-24-28(40)27(39)23(44-24)12-25(37)33-19-11-21(30(34)42)35(16-19)15-18-6-5-7-20(10-18)43-4/h5-7,10,19,21-24,27-28,39-40H,8-9,11-17H2,1-4H3,(H,32,41)(H,33,37)/t19-,21-,22-,23-,24+,27-,28+/m0/s1. The Morgan fingerprint density at radius 3 is 2.55 bits per heavy atom. The Morgan fingerprint density at radius 1 is 1.07 bits per heavy atom. The maximum absolute atomic E-state index is 14.1. The molecule has 0 spiro atoms. The lowest BCUT2D eigenvalue weighted by Crippen LogP contribution is -2.63. The number of hydrogen-bond donors (Lipinski definition) is 4. The summed E-state index contributed by atoms with van der Waals surface area (Å²) in [6.45, 7) is 7.07. The number of carbonyl (C=O) groups is 4. The number of rotatable bonds is 4. The van der Waals surface area contributed by atoms with Crippen molar-refractivity contribution in [3.63, 3.8) is 0 Å². The van der Waals surface area contributed by atoms with Crippen molar-refractivity contribution in [2.45, 2.75) is 89.1 Å². The molecular formula is C31H45N5O8. The van der Waals surface area contributed by atoms with Crippen LogP contribution in [0.5, 0.6) is 5.75 Å². The van der Waals surface area contributed by atoms with Crippen molar-refractivity contribution in [3.05, 3.63) is 29.8 Å². The predicted molar refractivity (Wildman–Crippen MR) is 158 cm³/mol. The van der Waals surface area contributed by atoms with Gasteiger partial charge in [-0.15, -0.1) is 0 Å². The smallest absolute Gasteiger partial charge is 0.244 e. The lowest BCUT2D eigenvalue weighted by molar-refractivity contribution is -0.151. The largest absolute Gasteiger partial charge is 0.497 e. The minimum absolute atomic E-state index is 0.0143. The van der Waals surface area contributed by atoms with Crippen molar-refractivity contribution < 1.29 is 38.9 Å². The Labute approximate surface area is 257 Å². The fraction of sp³-hybridized carbons (Fsp3) is 0.677. The molecule has 4 fully saturated rings. The minimum Gasteiger partial charge on any atom is -0.497 e. The third-order valence-electron chi connectivity index (χ3n) is 8.90. The van der Waals surface area contributed by atoms with Crippen molar-refractivity contribution in [2.75, 3.05) is 39.8 Å². The second-order valence-corrected chi connectivity index (χ2v) is 13.6. The molecule has 44 heavy (non-hydrogen) atoms. The van der Waals surface area contributed by atoms with E-state index in [1.54, 1.807) is 16.9 Å². The second kappa shape index (κ2) is 13.0. The summed E-state index contributed by atoms with van der Waals surface area (Å²) >= 11 is 0. The van der Waals surface area contributed by atoms with Crippen LogP contribution in [0, 0.1) is 5.41 Å². The molecule has 7 atom stereocenters. The quantitative estimate of drug-likeness (QED) is 0.341. The van der Waals surface area contributed by atoms with Crippen LogP contribution in [0.25, 0.3) is 0 Å². The number of amides is 4. The summed E-state index contributed by atoms with van der Waals surface area (Å²) in [7, 11) is 1.59. The number of fused-ring (bicyclic) bond motifs is 6. The molecule has 4 saturated heterocycles. The Balaban J connectivity index is 1.44. The van der Waals surface area contributed by atoms with Gasteiger partial charge < -0.3 is 40.1 Å². The first-order valence-corrected chi connectivity index (χ1v) is 15.4. The number of aliphatic hydroxyl groups is 2. The number of benzene rings is 1. The van der Waals surface area contributed by atoms with Crippen LogP contribution in [-0.4, -0.2) is 131 Å². The van der Waals surface area contributed by atoms with Crippen LogP contribution < -0.4 is 15.4 Å². The molecule has 0 aliphatic carbocycles. The Morgan fingerprint density at radius 2 is 1.82 bits per heavy atom. The zero-order valence-electron chi connectivity index (χ0n) is 25.9. The van der Waals surface area contributed by atoms with Crippen LogP contribution >= 0.6 is 0 Å². The first-order valence-electron chi connectivity index (χ1n) is 15.4. The van der Waals surface area contributed by atoms with E-state index >= 15 is 0 Å². The molecule has 0 saturated carbocycles. The van der Waals surface area contributed by atoms with Gasteiger partial charge in [-0.1, -0.05) is 32.9 Å². The fourth-order valence-corrected chi connectivity index (χ4v) is 6.67. The third kappa shape index (κ3) is 7.17. The van der Waals surface area contributed by atoms with Gasteiger partial charge in [-0.3, -0.25) is 24.1 Å². The van der Waals surface area contributed by atoms with Gasteiger partial charge in [0.05, 0.1) is 32.2 Å². The topological polar surface area (TPSA) is 161 Å². The molecule has 4 aliphatic rings. The monoisotopic (exact) mass is 615 g/mol. The minimum atomic E-state index is -1.31. The number of nitrogens with zero attached hydrogens (tertiary/aromatic N) is 3. The van der Waals surface area contributed by atoms with E-state index in [2.05, 4.69) is 10.6 Å². The number of piperazine rings is 1. The molecule has 4 N–H and O–H groups in total. The molecule has 242 valence electrons. The molecule has 1 aromatic rings. The average molecular weight is 616 g/mol. The molecule has 4 amide bonds. The Hall–Kier alpha value is -3.26. The first kappa shape index (κ1) is 32.1. The highest BCUT2D eigenvalue weighted by Crippen LogP contribution is 2.28. The van der Waals surface area contributed by atoms with E-state index in [9.17, 15) is 29.4 Å². The molecular weight excluding hydrogens is 570 g/mol. The third-order valence-corrected chi connectivity index (χ3v) is 8.90. The lowest BCUT2D eigenvalue weighted by atomic mass is 9.91. The Bertz CT molecular complexity index is 1250. The Kier molecular flexibility index (Phi) is 9.49. The van der Waals surface area contributed by atoms with Crippen LogP contribution in [0.15, 0.2) is 24.3 Å². The number of likely N-dealkylation sites (tertiary alicyclic amines) is 1. The maximum Gasteiger partial charge on any atom is 0.244 e. The summed E-state index contributed by atoms with van der Waals surface area (Å²) in [6.07, 6.45) is -4.10. The SMILES string of the molecule is COc1cccc(CN2C[C@@H]3C[C@H]2C(=O)N2CCN(C(=O)CC(C)(C)C)[C@@H](C2)C(=O)NC[C@H]2O[C@@H](CC(=O)N3)[C@H](O)[C@@H]2O)c1. The fourth-order valence-electron chi connectivity index (χ4n) is 6.67. The van der Waals surface area contributed by atoms with Crippen molar-refractivity contribution in [1.82, 2.24) is 25.3 Å². The number of aliphatic hydroxyl groups excluding tert-OH is 2. The van der Waals surface area contributed by atoms with E-state index in [4.69, 9.17) is 9.47 Å². The zero-order chi connectivity index (χ0) is 31.8. The summed E-state index contributed by atoms with van der Waals surface area (Å²) in [5, 5.41) is 27.0. The van der Waals surface area contributed by atoms with Gasteiger partial charge in [0.1, 0.15) is 30.1 Å². The van der Waals surface area contributed by atoms with Crippen molar-refractivity contribution in [3.8, 4) is 5.75 Å². The average Bonchev–Trinajstić information content (AvgIpc) is 3.48. The molecule has 6 bridgehead atoms. The molecule has 13 heteroatoms. The first-order chi connectivity index (χ1) is 20.8. The van der Waals surface area contributed by atoms with E-state index in [1.807, 2.05) is 49.9 Å². The normalized spacial score (nSPS) is 32.0. The number of carbonyl (C=O) groups excluding carboxylic acids is 4. The summed E-state index contributed by atoms with van der Waals surface area (Å²) in [6, 6.07) is 5.74. The highest BCUT2D eigenvalue weighted by molar-refractivity contribution is 5.90. The molecule has 4 aliphatic heterocycles. The maximum atomic E-state index is 14.1. The van der Waals surface area contributed by atoms with Gasteiger partial charge in [-0.25, -0.2) is 0 Å². The molecule has 13 nitrogen and oxygen atoms in total. The van der Waals surface area contributed by atoms with Crippen LogP contribution in [0.2, 0.25) is 0 Å². The second-order valence-electron chi connectivity index (χ2n) is 13.6. The van der Waals surface area contributed by atoms with Crippen LogP contribution in [0.4, 0.5) is 0 Å². The van der Waals surface area contributed by atoms with E-state index < -0.39 is 42.4 Å². The van der Waals surface area contributed by atoms with Crippen molar-refractivity contribution >= 4 is 23.6 Å². The zero-order valence-corrected chi connectivity index (χ0v) is 25.9. The predicted octanol–water partition coefficient (Wildman–Crippen LogP) is -0.761. The van der Waals surface area contributed by atoms with Gasteiger partial charge in [0.25, 0.3) is 0 Å². The lowest BCUT2D eigenvalue weighted by Gasteiger charge is -2.42. The molecule has 1 aromatic carbocycles. The number of ether oxygens (including phenoxy) is 2. The summed E-state index contributed by atoms with van der Waals surface area (Å²) in [5.41, 5.74) is 0.646. The summed E-state index contributed by atoms with van der Waals surface area (Å²) in [4.78, 5) is 59.4. The van der Waals surface area contributed by atoms with Crippen LogP contribution in [0.1, 0.15) is 45.6 Å². The van der Waals surface area contributed by atoms with Crippen molar-refractivity contribution in [1.29, 1.82) is 0 Å². The molecule has 0 unspecified atom stereocenters. The van der Waals surface area contributed by atoms with E-state index in [0.29, 0.717) is 25.3 Å². The van der Waals surface area contributed by atoms with Gasteiger partial charge >= 0.3 is 0 Å². The molecule has 5 rings (SSSR count). The van der Waals surface area contributed by atoms with Crippen LogP contribution in [-0.2, 0) is 30.5 Å². The highest BCUT2D eigenvalue weighted by Gasteiger charge is 2.47. The number of methoxy groups -OCH3 is 1. The van der Waals surface area contributed by atoms with E-state index in [-0.39, 0.29) is 68.2 Å². The van der Waals surface area contributed by atoms with E-state index in [0.717, 1.165) is 5.56 Å². The number of nitrogens with one attached hydrogen (secondary N) is 2. The van der Waals surface area contributed by atoms with Gasteiger partial charge in [-0.2, -0.15) is 0 Å². The van der Waals surface area contributed by atoms with Gasteiger partial charge in [-0.05, 0) is 29.5 Å².